The van der Waals surface area contributed by atoms with Crippen LogP contribution in [0.2, 0.25) is 0 Å². The van der Waals surface area contributed by atoms with E-state index in [0.29, 0.717) is 18.8 Å². The lowest BCUT2D eigenvalue weighted by atomic mass is 10.0. The van der Waals surface area contributed by atoms with E-state index < -0.39 is 0 Å². The molecular formula is C21H26N6O2. The van der Waals surface area contributed by atoms with E-state index in [2.05, 4.69) is 27.0 Å². The third kappa shape index (κ3) is 4.21. The molecule has 1 atom stereocenters. The van der Waals surface area contributed by atoms with Crippen LogP contribution >= 0.6 is 0 Å². The minimum absolute atomic E-state index is 0.0752. The first kappa shape index (κ1) is 19.3. The molecule has 0 aromatic carbocycles. The first-order valence-electron chi connectivity index (χ1n) is 10.1. The molecule has 8 heteroatoms. The van der Waals surface area contributed by atoms with E-state index >= 15 is 0 Å². The highest BCUT2D eigenvalue weighted by atomic mass is 16.2. The Hall–Kier alpha value is -3.03. The number of hydrogen-bond acceptors (Lipinski definition) is 6. The van der Waals surface area contributed by atoms with Crippen LogP contribution in [0.15, 0.2) is 30.7 Å². The van der Waals surface area contributed by atoms with Crippen LogP contribution in [0.1, 0.15) is 41.1 Å². The van der Waals surface area contributed by atoms with E-state index in [4.69, 9.17) is 4.98 Å². The second-order valence-corrected chi connectivity index (χ2v) is 7.71. The summed E-state index contributed by atoms with van der Waals surface area (Å²) in [5.41, 5.74) is 3.54. The standard InChI is InChI=1S/C21H26N6O2/c1-15-11-18(26-9-7-25(8-10-26)16(2)28)12-19(24-15)17-3-6-27(14-17)21(29)20-13-22-4-5-23-20/h4-5,11-13,17H,3,6-10,14H2,1-2H3. The number of hydrogen-bond donors (Lipinski definition) is 0. The number of piperazine rings is 1. The van der Waals surface area contributed by atoms with Crippen LogP contribution in [0.5, 0.6) is 0 Å². The molecule has 152 valence electrons. The third-order valence-corrected chi connectivity index (χ3v) is 5.72. The van der Waals surface area contributed by atoms with Crippen LogP contribution in [-0.2, 0) is 4.79 Å². The highest BCUT2D eigenvalue weighted by molar-refractivity contribution is 5.92. The van der Waals surface area contributed by atoms with Gasteiger partial charge in [0.25, 0.3) is 5.91 Å². The Bertz CT molecular complexity index is 895. The van der Waals surface area contributed by atoms with Crippen molar-refractivity contribution in [2.24, 2.45) is 0 Å². The Labute approximate surface area is 170 Å². The Balaban J connectivity index is 1.46. The van der Waals surface area contributed by atoms with E-state index in [1.807, 2.05) is 16.7 Å². The number of carbonyl (C=O) groups is 2. The number of aromatic nitrogens is 3. The zero-order chi connectivity index (χ0) is 20.4. The summed E-state index contributed by atoms with van der Waals surface area (Å²) >= 11 is 0. The number of nitrogens with zero attached hydrogens (tertiary/aromatic N) is 6. The highest BCUT2D eigenvalue weighted by Gasteiger charge is 2.30. The maximum Gasteiger partial charge on any atom is 0.274 e. The van der Waals surface area contributed by atoms with E-state index in [1.165, 1.54) is 6.20 Å². The summed E-state index contributed by atoms with van der Waals surface area (Å²) in [5, 5.41) is 0. The molecule has 2 aliphatic rings. The number of carbonyl (C=O) groups excluding carboxylic acids is 2. The van der Waals surface area contributed by atoms with Crippen molar-refractivity contribution in [3.05, 3.63) is 47.8 Å². The van der Waals surface area contributed by atoms with Gasteiger partial charge in [-0.05, 0) is 25.5 Å². The first-order chi connectivity index (χ1) is 14.0. The fraction of sp³-hybridized carbons (Fsp3) is 0.476. The second kappa shape index (κ2) is 8.14. The van der Waals surface area contributed by atoms with E-state index in [9.17, 15) is 9.59 Å². The fourth-order valence-electron chi connectivity index (χ4n) is 4.10. The lowest BCUT2D eigenvalue weighted by molar-refractivity contribution is -0.129. The lowest BCUT2D eigenvalue weighted by Crippen LogP contribution is -2.48. The van der Waals surface area contributed by atoms with Crippen molar-refractivity contribution in [3.63, 3.8) is 0 Å². The average molecular weight is 394 g/mol. The topological polar surface area (TPSA) is 82.5 Å². The van der Waals surface area contributed by atoms with Gasteiger partial charge >= 0.3 is 0 Å². The molecule has 4 rings (SSSR count). The minimum Gasteiger partial charge on any atom is -0.368 e. The van der Waals surface area contributed by atoms with Crippen molar-refractivity contribution in [1.82, 2.24) is 24.8 Å². The summed E-state index contributed by atoms with van der Waals surface area (Å²) in [4.78, 5) is 43.1. The molecule has 2 fully saturated rings. The van der Waals surface area contributed by atoms with E-state index in [1.54, 1.807) is 19.3 Å². The first-order valence-corrected chi connectivity index (χ1v) is 10.1. The fourth-order valence-corrected chi connectivity index (χ4v) is 4.10. The largest absolute Gasteiger partial charge is 0.368 e. The zero-order valence-electron chi connectivity index (χ0n) is 16.9. The maximum atomic E-state index is 12.7. The number of rotatable bonds is 3. The number of amides is 2. The van der Waals surface area contributed by atoms with Crippen molar-refractivity contribution in [2.45, 2.75) is 26.2 Å². The summed E-state index contributed by atoms with van der Waals surface area (Å²) in [6, 6.07) is 4.25. The molecule has 0 bridgehead atoms. The predicted octanol–water partition coefficient (Wildman–Crippen LogP) is 1.48. The average Bonchev–Trinajstić information content (AvgIpc) is 3.24. The molecule has 0 spiro atoms. The number of pyridine rings is 1. The van der Waals surface area contributed by atoms with Crippen LogP contribution in [0.25, 0.3) is 0 Å². The molecule has 2 aromatic rings. The van der Waals surface area contributed by atoms with Gasteiger partial charge in [0.1, 0.15) is 5.69 Å². The number of anilines is 1. The summed E-state index contributed by atoms with van der Waals surface area (Å²) in [6.07, 6.45) is 5.51. The van der Waals surface area contributed by atoms with Gasteiger partial charge in [0.2, 0.25) is 5.91 Å². The molecule has 29 heavy (non-hydrogen) atoms. The summed E-state index contributed by atoms with van der Waals surface area (Å²) < 4.78 is 0. The molecule has 0 aliphatic carbocycles. The second-order valence-electron chi connectivity index (χ2n) is 7.71. The van der Waals surface area contributed by atoms with Crippen LogP contribution in [0, 0.1) is 6.92 Å². The molecule has 2 amide bonds. The predicted molar refractivity (Wildman–Crippen MR) is 109 cm³/mol. The molecule has 0 N–H and O–H groups in total. The van der Waals surface area contributed by atoms with Crippen molar-refractivity contribution < 1.29 is 9.59 Å². The minimum atomic E-state index is -0.0752. The molecule has 4 heterocycles. The van der Waals surface area contributed by atoms with E-state index in [-0.39, 0.29) is 17.7 Å². The van der Waals surface area contributed by atoms with Crippen molar-refractivity contribution in [1.29, 1.82) is 0 Å². The van der Waals surface area contributed by atoms with Crippen LogP contribution in [0.3, 0.4) is 0 Å². The molecule has 0 radical (unpaired) electrons. The Morgan fingerprint density at radius 1 is 1.03 bits per heavy atom. The quantitative estimate of drug-likeness (QED) is 0.784. The monoisotopic (exact) mass is 394 g/mol. The van der Waals surface area contributed by atoms with Crippen LogP contribution in [-0.4, -0.2) is 75.8 Å². The van der Waals surface area contributed by atoms with Crippen LogP contribution in [0.4, 0.5) is 5.69 Å². The van der Waals surface area contributed by atoms with Crippen molar-refractivity contribution >= 4 is 17.5 Å². The number of aryl methyl sites for hydroxylation is 1. The Kier molecular flexibility index (Phi) is 5.42. The van der Waals surface area contributed by atoms with Gasteiger partial charge in [-0.1, -0.05) is 0 Å². The van der Waals surface area contributed by atoms with Gasteiger partial charge in [-0.3, -0.25) is 19.6 Å². The van der Waals surface area contributed by atoms with Gasteiger partial charge in [-0.25, -0.2) is 4.98 Å². The summed E-state index contributed by atoms with van der Waals surface area (Å²) in [7, 11) is 0. The smallest absolute Gasteiger partial charge is 0.274 e. The van der Waals surface area contributed by atoms with Crippen molar-refractivity contribution in [3.8, 4) is 0 Å². The Morgan fingerprint density at radius 3 is 2.52 bits per heavy atom. The van der Waals surface area contributed by atoms with Gasteiger partial charge in [0.05, 0.1) is 6.20 Å². The maximum absolute atomic E-state index is 12.7. The van der Waals surface area contributed by atoms with Gasteiger partial charge in [0, 0.05) is 81.6 Å². The lowest BCUT2D eigenvalue weighted by Gasteiger charge is -2.36. The van der Waals surface area contributed by atoms with Gasteiger partial charge in [-0.2, -0.15) is 0 Å². The summed E-state index contributed by atoms with van der Waals surface area (Å²) in [6.45, 7) is 8.11. The Morgan fingerprint density at radius 2 is 1.83 bits per heavy atom. The number of likely N-dealkylation sites (tertiary alicyclic amines) is 1. The third-order valence-electron chi connectivity index (χ3n) is 5.72. The van der Waals surface area contributed by atoms with Crippen molar-refractivity contribution in [2.75, 3.05) is 44.2 Å². The molecule has 2 aromatic heterocycles. The summed E-state index contributed by atoms with van der Waals surface area (Å²) in [5.74, 6) is 0.275. The van der Waals surface area contributed by atoms with Crippen LogP contribution < -0.4 is 4.90 Å². The van der Waals surface area contributed by atoms with Gasteiger partial charge < -0.3 is 14.7 Å². The molecule has 1 unspecified atom stereocenters. The normalized spacial score (nSPS) is 19.5. The van der Waals surface area contributed by atoms with Gasteiger partial charge in [0.15, 0.2) is 0 Å². The zero-order valence-corrected chi connectivity index (χ0v) is 16.9. The molecular weight excluding hydrogens is 368 g/mol. The molecule has 0 saturated carbocycles. The highest BCUT2D eigenvalue weighted by Crippen LogP contribution is 2.30. The molecule has 2 saturated heterocycles. The molecule has 8 nitrogen and oxygen atoms in total. The van der Waals surface area contributed by atoms with Gasteiger partial charge in [-0.15, -0.1) is 0 Å². The SMILES string of the molecule is CC(=O)N1CCN(c2cc(C)nc(C3CCN(C(=O)c4cnccn4)C3)c2)CC1. The van der Waals surface area contributed by atoms with E-state index in [0.717, 1.165) is 49.7 Å². The molecule has 2 aliphatic heterocycles.